The molecule has 0 aliphatic heterocycles. The number of aliphatic carboxylic acids is 1. The normalized spacial score (nSPS) is 17.4. The van der Waals surface area contributed by atoms with Gasteiger partial charge in [0.15, 0.2) is 0 Å². The molecule has 0 spiro atoms. The summed E-state index contributed by atoms with van der Waals surface area (Å²) < 4.78 is 7.90. The molecule has 0 saturated heterocycles. The molecule has 1 aromatic heterocycles. The molecule has 146 valence electrons. The number of aromatic nitrogens is 2. The Morgan fingerprint density at radius 3 is 2.54 bits per heavy atom. The van der Waals surface area contributed by atoms with Gasteiger partial charge in [0.1, 0.15) is 5.75 Å². The number of likely N-dealkylation sites (N-methyl/N-ethyl adjacent to an activating group) is 1. The zero-order valence-electron chi connectivity index (χ0n) is 16.4. The molecule has 2 atom stereocenters. The number of ether oxygens (including phenoxy) is 1. The monoisotopic (exact) mass is 379 g/mol. The van der Waals surface area contributed by atoms with E-state index < -0.39 is 11.6 Å². The third kappa shape index (κ3) is 3.36. The summed E-state index contributed by atoms with van der Waals surface area (Å²) in [6, 6.07) is 12.6. The van der Waals surface area contributed by atoms with Gasteiger partial charge in [-0.3, -0.25) is 0 Å². The molecule has 0 amide bonds. The molecule has 2 unspecified atom stereocenters. The quantitative estimate of drug-likeness (QED) is 0.680. The number of benzene rings is 2. The van der Waals surface area contributed by atoms with Crippen molar-refractivity contribution in [3.63, 3.8) is 0 Å². The summed E-state index contributed by atoms with van der Waals surface area (Å²) in [4.78, 5) is 17.8. The number of rotatable bonds is 7. The van der Waals surface area contributed by atoms with Crippen LogP contribution in [-0.4, -0.2) is 51.3 Å². The van der Waals surface area contributed by atoms with Crippen molar-refractivity contribution >= 4 is 16.7 Å². The topological polar surface area (TPSA) is 67.6 Å². The van der Waals surface area contributed by atoms with Gasteiger partial charge in [-0.15, -0.1) is 0 Å². The lowest BCUT2D eigenvalue weighted by Crippen LogP contribution is -2.34. The molecule has 1 heterocycles. The maximum atomic E-state index is 11.4. The first kappa shape index (κ1) is 18.5. The molecule has 0 radical (unpaired) electrons. The number of carboxylic acid groups (broad SMARTS) is 1. The van der Waals surface area contributed by atoms with Crippen LogP contribution in [0.25, 0.3) is 10.8 Å². The van der Waals surface area contributed by atoms with E-state index in [2.05, 4.69) is 53.7 Å². The Morgan fingerprint density at radius 2 is 1.93 bits per heavy atom. The average Bonchev–Trinajstić information content (AvgIpc) is 3.26. The summed E-state index contributed by atoms with van der Waals surface area (Å²) in [5.74, 6) is -0.281. The lowest BCUT2D eigenvalue weighted by molar-refractivity contribution is -0.147. The second-order valence-electron chi connectivity index (χ2n) is 7.83. The average molecular weight is 379 g/mol. The van der Waals surface area contributed by atoms with E-state index in [1.54, 1.807) is 6.20 Å². The molecule has 1 saturated carbocycles. The van der Waals surface area contributed by atoms with Crippen LogP contribution in [-0.2, 0) is 4.79 Å². The van der Waals surface area contributed by atoms with Crippen molar-refractivity contribution in [2.45, 2.75) is 37.5 Å². The zero-order chi connectivity index (χ0) is 19.9. The Bertz CT molecular complexity index is 993. The number of nitrogens with zero attached hydrogens (tertiary/aromatic N) is 3. The Labute approximate surface area is 164 Å². The van der Waals surface area contributed by atoms with Gasteiger partial charge < -0.3 is 19.3 Å². The van der Waals surface area contributed by atoms with Gasteiger partial charge in [0.2, 0.25) is 5.60 Å². The summed E-state index contributed by atoms with van der Waals surface area (Å²) >= 11 is 0. The molecule has 1 aliphatic rings. The summed E-state index contributed by atoms with van der Waals surface area (Å²) in [5.41, 5.74) is 0.172. The fraction of sp³-hybridized carbons (Fsp3) is 0.364. The smallest absolute Gasteiger partial charge is 0.348 e. The number of carbonyl (C=O) groups is 1. The number of hydrogen-bond donors (Lipinski definition) is 1. The minimum atomic E-state index is -1.03. The van der Waals surface area contributed by atoms with Crippen LogP contribution >= 0.6 is 0 Å². The predicted octanol–water partition coefficient (Wildman–Crippen LogP) is 3.57. The molecule has 3 aromatic rings. The standard InChI is InChI=1S/C22H25N3O3/c1-15(24(2)3)20(25-11-10-23-14-25)18-5-4-17-13-19(7-6-16(17)12-18)28-22(8-9-22)21(26)27/h4-7,10-15,20H,8-9H2,1-3H3,(H,26,27). The van der Waals surface area contributed by atoms with Gasteiger partial charge in [-0.2, -0.15) is 0 Å². The van der Waals surface area contributed by atoms with Gasteiger partial charge in [-0.1, -0.05) is 18.2 Å². The van der Waals surface area contributed by atoms with E-state index in [9.17, 15) is 9.90 Å². The number of hydrogen-bond acceptors (Lipinski definition) is 4. The number of fused-ring (bicyclic) bond motifs is 1. The molecule has 0 bridgehead atoms. The molecular weight excluding hydrogens is 354 g/mol. The Balaban J connectivity index is 1.67. The minimum Gasteiger partial charge on any atom is -0.478 e. The van der Waals surface area contributed by atoms with Crippen molar-refractivity contribution < 1.29 is 14.6 Å². The number of imidazole rings is 1. The SMILES string of the molecule is CC(C(c1ccc2cc(OC3(C(=O)O)CC3)ccc2c1)n1ccnc1)N(C)C. The van der Waals surface area contributed by atoms with E-state index in [1.807, 2.05) is 30.7 Å². The van der Waals surface area contributed by atoms with Crippen molar-refractivity contribution in [2.75, 3.05) is 14.1 Å². The van der Waals surface area contributed by atoms with Crippen molar-refractivity contribution in [1.29, 1.82) is 0 Å². The van der Waals surface area contributed by atoms with Crippen LogP contribution in [0.5, 0.6) is 5.75 Å². The van der Waals surface area contributed by atoms with Gasteiger partial charge >= 0.3 is 5.97 Å². The van der Waals surface area contributed by atoms with Crippen molar-refractivity contribution in [3.8, 4) is 5.75 Å². The second kappa shape index (κ2) is 6.95. The van der Waals surface area contributed by atoms with Crippen LogP contribution in [0.15, 0.2) is 55.1 Å². The molecule has 28 heavy (non-hydrogen) atoms. The lowest BCUT2D eigenvalue weighted by atomic mass is 9.96. The van der Waals surface area contributed by atoms with Gasteiger partial charge in [-0.25, -0.2) is 9.78 Å². The molecule has 6 heteroatoms. The third-order valence-corrected chi connectivity index (χ3v) is 5.70. The first-order valence-corrected chi connectivity index (χ1v) is 9.50. The van der Waals surface area contributed by atoms with E-state index in [0.717, 1.165) is 10.8 Å². The van der Waals surface area contributed by atoms with E-state index >= 15 is 0 Å². The van der Waals surface area contributed by atoms with Crippen LogP contribution in [0.4, 0.5) is 0 Å². The van der Waals surface area contributed by atoms with Crippen LogP contribution in [0.2, 0.25) is 0 Å². The highest BCUT2D eigenvalue weighted by molar-refractivity contribution is 5.85. The first-order valence-electron chi connectivity index (χ1n) is 9.50. The lowest BCUT2D eigenvalue weighted by Gasteiger charge is -2.31. The summed E-state index contributed by atoms with van der Waals surface area (Å²) in [7, 11) is 4.16. The van der Waals surface area contributed by atoms with Gasteiger partial charge in [0, 0.05) is 31.3 Å². The molecule has 1 fully saturated rings. The Kier molecular flexibility index (Phi) is 4.59. The van der Waals surface area contributed by atoms with E-state index in [-0.39, 0.29) is 12.1 Å². The largest absolute Gasteiger partial charge is 0.478 e. The van der Waals surface area contributed by atoms with Crippen LogP contribution in [0, 0.1) is 0 Å². The van der Waals surface area contributed by atoms with Crippen molar-refractivity contribution in [1.82, 2.24) is 14.5 Å². The molecule has 1 N–H and O–H groups in total. The minimum absolute atomic E-state index is 0.138. The highest BCUT2D eigenvalue weighted by Crippen LogP contribution is 2.41. The van der Waals surface area contributed by atoms with Crippen LogP contribution in [0.3, 0.4) is 0 Å². The van der Waals surface area contributed by atoms with E-state index in [4.69, 9.17) is 4.74 Å². The molecule has 6 nitrogen and oxygen atoms in total. The number of carboxylic acids is 1. The Hall–Kier alpha value is -2.86. The van der Waals surface area contributed by atoms with Crippen molar-refractivity contribution in [2.24, 2.45) is 0 Å². The molecule has 2 aromatic carbocycles. The van der Waals surface area contributed by atoms with Gasteiger partial charge in [0.25, 0.3) is 0 Å². The molecule has 4 rings (SSSR count). The maximum Gasteiger partial charge on any atom is 0.348 e. The molecule has 1 aliphatic carbocycles. The van der Waals surface area contributed by atoms with Crippen LogP contribution in [0.1, 0.15) is 31.4 Å². The summed E-state index contributed by atoms with van der Waals surface area (Å²) in [6.45, 7) is 2.20. The predicted molar refractivity (Wildman–Crippen MR) is 108 cm³/mol. The first-order chi connectivity index (χ1) is 13.4. The third-order valence-electron chi connectivity index (χ3n) is 5.70. The van der Waals surface area contributed by atoms with Gasteiger partial charge in [-0.05, 0) is 55.6 Å². The second-order valence-corrected chi connectivity index (χ2v) is 7.83. The highest BCUT2D eigenvalue weighted by atomic mass is 16.5. The maximum absolute atomic E-state index is 11.4. The summed E-state index contributed by atoms with van der Waals surface area (Å²) in [5, 5.41) is 11.5. The van der Waals surface area contributed by atoms with E-state index in [1.165, 1.54) is 5.56 Å². The Morgan fingerprint density at radius 1 is 1.21 bits per heavy atom. The fourth-order valence-electron chi connectivity index (χ4n) is 3.60. The van der Waals surface area contributed by atoms with Crippen molar-refractivity contribution in [3.05, 3.63) is 60.7 Å². The van der Waals surface area contributed by atoms with Gasteiger partial charge in [0.05, 0.1) is 12.4 Å². The highest BCUT2D eigenvalue weighted by Gasteiger charge is 2.53. The van der Waals surface area contributed by atoms with E-state index in [0.29, 0.717) is 18.6 Å². The van der Waals surface area contributed by atoms with Crippen LogP contribution < -0.4 is 4.74 Å². The summed E-state index contributed by atoms with van der Waals surface area (Å²) in [6.07, 6.45) is 6.78. The fourth-order valence-corrected chi connectivity index (χ4v) is 3.60. The zero-order valence-corrected chi connectivity index (χ0v) is 16.4. The molecular formula is C22H25N3O3.